The maximum Gasteiger partial charge on any atom is 0.416 e. The van der Waals surface area contributed by atoms with Gasteiger partial charge in [-0.3, -0.25) is 0 Å². The fraction of sp³-hybridized carbons (Fsp3) is 0.500. The van der Waals surface area contributed by atoms with E-state index in [4.69, 9.17) is 24.2 Å². The minimum Gasteiger partial charge on any atom is -0.486 e. The van der Waals surface area contributed by atoms with Gasteiger partial charge in [-0.1, -0.05) is 0 Å². The van der Waals surface area contributed by atoms with Crippen molar-refractivity contribution in [2.75, 3.05) is 50.7 Å². The highest BCUT2D eigenvalue weighted by Crippen LogP contribution is 2.48. The molecular formula is C24H25F3N4O5S. The normalized spacial score (nSPS) is 21.8. The number of aromatic nitrogens is 3. The van der Waals surface area contributed by atoms with E-state index in [1.165, 1.54) is 0 Å². The van der Waals surface area contributed by atoms with Gasteiger partial charge in [-0.2, -0.15) is 13.2 Å². The number of hydrogen-bond donors (Lipinski definition) is 1. The van der Waals surface area contributed by atoms with Gasteiger partial charge in [0, 0.05) is 48.7 Å². The van der Waals surface area contributed by atoms with Gasteiger partial charge < -0.3 is 24.1 Å². The monoisotopic (exact) mass is 538 g/mol. The van der Waals surface area contributed by atoms with Crippen LogP contribution in [0.1, 0.15) is 24.1 Å². The van der Waals surface area contributed by atoms with Crippen LogP contribution < -0.4 is 9.64 Å². The van der Waals surface area contributed by atoms with Crippen LogP contribution in [0.2, 0.25) is 0 Å². The van der Waals surface area contributed by atoms with Crippen molar-refractivity contribution in [2.45, 2.75) is 29.8 Å². The molecule has 2 fully saturated rings. The average Bonchev–Trinajstić information content (AvgIpc) is 3.35. The van der Waals surface area contributed by atoms with E-state index in [2.05, 4.69) is 4.98 Å². The Kier molecular flexibility index (Phi) is 5.66. The van der Waals surface area contributed by atoms with Gasteiger partial charge in [0.05, 0.1) is 24.8 Å². The number of halogens is 3. The Hall–Kier alpha value is -2.90. The molecule has 0 aliphatic carbocycles. The predicted molar refractivity (Wildman–Crippen MR) is 128 cm³/mol. The van der Waals surface area contributed by atoms with E-state index in [0.29, 0.717) is 31.0 Å². The fourth-order valence-corrected chi connectivity index (χ4v) is 6.84. The number of sulfone groups is 1. The number of rotatable bonds is 3. The summed E-state index contributed by atoms with van der Waals surface area (Å²) in [4.78, 5) is 14.2. The van der Waals surface area contributed by atoms with Gasteiger partial charge in [0.1, 0.15) is 17.0 Å². The number of ether oxygens (including phenoxy) is 3. The zero-order valence-electron chi connectivity index (χ0n) is 20.0. The van der Waals surface area contributed by atoms with Crippen molar-refractivity contribution < 1.29 is 35.8 Å². The second kappa shape index (κ2) is 8.57. The molecule has 0 saturated carbocycles. The van der Waals surface area contributed by atoms with Crippen molar-refractivity contribution in [2.24, 2.45) is 0 Å². The van der Waals surface area contributed by atoms with Crippen LogP contribution in [-0.4, -0.2) is 75.2 Å². The molecular weight excluding hydrogens is 513 g/mol. The lowest BCUT2D eigenvalue weighted by molar-refractivity contribution is -0.137. The van der Waals surface area contributed by atoms with Crippen molar-refractivity contribution in [1.29, 1.82) is 0 Å². The number of nitrogens with zero attached hydrogens (tertiary/aromatic N) is 3. The van der Waals surface area contributed by atoms with Gasteiger partial charge in [0.25, 0.3) is 0 Å². The molecule has 37 heavy (non-hydrogen) atoms. The van der Waals surface area contributed by atoms with Crippen molar-refractivity contribution in [3.05, 3.63) is 35.7 Å². The van der Waals surface area contributed by atoms with E-state index in [1.807, 2.05) is 4.90 Å². The third-order valence-corrected chi connectivity index (χ3v) is 9.47. The third-order valence-electron chi connectivity index (χ3n) is 7.45. The summed E-state index contributed by atoms with van der Waals surface area (Å²) in [5, 5.41) is 0.495. The lowest BCUT2D eigenvalue weighted by Crippen LogP contribution is -2.52. The predicted octanol–water partition coefficient (Wildman–Crippen LogP) is 3.29. The summed E-state index contributed by atoms with van der Waals surface area (Å²) >= 11 is 0. The van der Waals surface area contributed by atoms with Crippen molar-refractivity contribution in [3.8, 4) is 17.1 Å². The van der Waals surface area contributed by atoms with Crippen LogP contribution in [0, 0.1) is 0 Å². The number of anilines is 1. The van der Waals surface area contributed by atoms with Crippen LogP contribution in [0.4, 0.5) is 19.0 Å². The molecule has 0 radical (unpaired) electrons. The smallest absolute Gasteiger partial charge is 0.416 e. The molecule has 1 N–H and O–H groups in total. The molecule has 0 bridgehead atoms. The Labute approximate surface area is 210 Å². The molecule has 0 spiro atoms. The number of fused-ring (bicyclic) bond motifs is 4. The molecule has 9 nitrogen and oxygen atoms in total. The van der Waals surface area contributed by atoms with Gasteiger partial charge in [0.15, 0.2) is 27.2 Å². The highest BCUT2D eigenvalue weighted by Gasteiger charge is 2.50. The van der Waals surface area contributed by atoms with Crippen LogP contribution in [0.15, 0.2) is 24.4 Å². The number of hydrogen-bond acceptors (Lipinski definition) is 8. The first-order valence-electron chi connectivity index (χ1n) is 11.9. The van der Waals surface area contributed by atoms with Crippen molar-refractivity contribution in [1.82, 2.24) is 15.0 Å². The van der Waals surface area contributed by atoms with Crippen LogP contribution >= 0.6 is 0 Å². The summed E-state index contributed by atoms with van der Waals surface area (Å²) in [5.74, 6) is 0.636. The SMILES string of the molecule is CS(=O)(=O)C1(c2nc(-c3cc(C(F)(F)F)cc4[nH]ccc34)nc3c2OCC2COCCN32)CCOCC1. The van der Waals surface area contributed by atoms with Gasteiger partial charge in [-0.25, -0.2) is 18.4 Å². The number of aromatic amines is 1. The molecule has 3 aliphatic heterocycles. The van der Waals surface area contributed by atoms with E-state index in [9.17, 15) is 21.6 Å². The third kappa shape index (κ3) is 3.94. The lowest BCUT2D eigenvalue weighted by Gasteiger charge is -2.43. The number of morpholine rings is 1. The van der Waals surface area contributed by atoms with E-state index >= 15 is 0 Å². The molecule has 13 heteroatoms. The Morgan fingerprint density at radius 2 is 1.89 bits per heavy atom. The summed E-state index contributed by atoms with van der Waals surface area (Å²) in [7, 11) is -3.75. The molecule has 0 amide bonds. The first kappa shape index (κ1) is 24.4. The molecule has 1 atom stereocenters. The van der Waals surface area contributed by atoms with Crippen molar-refractivity contribution in [3.63, 3.8) is 0 Å². The van der Waals surface area contributed by atoms with E-state index in [-0.39, 0.29) is 67.1 Å². The first-order valence-corrected chi connectivity index (χ1v) is 13.8. The Balaban J connectivity index is 1.66. The molecule has 6 rings (SSSR count). The number of nitrogens with one attached hydrogen (secondary N) is 1. The summed E-state index contributed by atoms with van der Waals surface area (Å²) < 4.78 is 83.8. The molecule has 1 aromatic carbocycles. The highest BCUT2D eigenvalue weighted by molar-refractivity contribution is 7.91. The van der Waals surface area contributed by atoms with Crippen LogP contribution in [0.5, 0.6) is 5.75 Å². The second-order valence-electron chi connectivity index (χ2n) is 9.62. The quantitative estimate of drug-likeness (QED) is 0.542. The van der Waals surface area contributed by atoms with E-state index < -0.39 is 26.3 Å². The Bertz CT molecular complexity index is 1470. The van der Waals surface area contributed by atoms with E-state index in [0.717, 1.165) is 18.4 Å². The maximum absolute atomic E-state index is 13.8. The molecule has 2 saturated heterocycles. The Morgan fingerprint density at radius 1 is 1.11 bits per heavy atom. The van der Waals surface area contributed by atoms with Crippen LogP contribution in [-0.2, 0) is 30.2 Å². The average molecular weight is 539 g/mol. The minimum absolute atomic E-state index is 0.00899. The summed E-state index contributed by atoms with van der Waals surface area (Å²) in [6.07, 6.45) is -1.61. The van der Waals surface area contributed by atoms with Gasteiger partial charge >= 0.3 is 6.18 Å². The lowest BCUT2D eigenvalue weighted by atomic mass is 9.93. The maximum atomic E-state index is 13.8. The molecule has 1 unspecified atom stereocenters. The van der Waals surface area contributed by atoms with Gasteiger partial charge in [0.2, 0.25) is 0 Å². The summed E-state index contributed by atoms with van der Waals surface area (Å²) in [5.41, 5.74) is -0.257. The largest absolute Gasteiger partial charge is 0.486 e. The van der Waals surface area contributed by atoms with Crippen LogP contribution in [0.3, 0.4) is 0 Å². The molecule has 3 aliphatic rings. The number of alkyl halides is 3. The Morgan fingerprint density at radius 3 is 2.62 bits per heavy atom. The highest BCUT2D eigenvalue weighted by atomic mass is 32.2. The number of benzene rings is 1. The summed E-state index contributed by atoms with van der Waals surface area (Å²) in [6, 6.07) is 3.55. The minimum atomic E-state index is -4.60. The first-order chi connectivity index (χ1) is 17.6. The standard InChI is InChI=1S/C24H25F3N4O5S/c1-37(32,33)23(3-7-34-8-4-23)20-19-22(31-6-9-35-12-15(31)13-36-19)30-21(29-20)17-10-14(24(25,26)27)11-18-16(17)2-5-28-18/h2,5,10-11,15,28H,3-4,6-9,12-13H2,1H3. The molecule has 5 heterocycles. The molecule has 2 aromatic heterocycles. The van der Waals surface area contributed by atoms with Gasteiger partial charge in [-0.15, -0.1) is 0 Å². The van der Waals surface area contributed by atoms with Crippen molar-refractivity contribution >= 4 is 26.6 Å². The van der Waals surface area contributed by atoms with Gasteiger partial charge in [-0.05, 0) is 31.0 Å². The summed E-state index contributed by atoms with van der Waals surface area (Å²) in [6.45, 7) is 1.96. The zero-order valence-corrected chi connectivity index (χ0v) is 20.8. The van der Waals surface area contributed by atoms with Crippen LogP contribution in [0.25, 0.3) is 22.3 Å². The zero-order chi connectivity index (χ0) is 26.0. The molecule has 198 valence electrons. The van der Waals surface area contributed by atoms with E-state index in [1.54, 1.807) is 12.3 Å². The molecule has 3 aromatic rings. The second-order valence-corrected chi connectivity index (χ2v) is 11.9. The fourth-order valence-electron chi connectivity index (χ4n) is 5.45. The topological polar surface area (TPSA) is 107 Å². The number of H-pyrrole nitrogens is 1.